The van der Waals surface area contributed by atoms with Crippen molar-refractivity contribution in [1.82, 2.24) is 0 Å². The van der Waals surface area contributed by atoms with E-state index < -0.39 is 5.32 Å². The summed E-state index contributed by atoms with van der Waals surface area (Å²) in [4.78, 5) is 0. The monoisotopic (exact) mass is 299 g/mol. The van der Waals surface area contributed by atoms with Crippen molar-refractivity contribution in [3.8, 4) is 0 Å². The van der Waals surface area contributed by atoms with Gasteiger partial charge in [-0.25, -0.2) is 0 Å². The van der Waals surface area contributed by atoms with E-state index in [1.807, 2.05) is 36.4 Å². The minimum absolute atomic E-state index is 0.437. The van der Waals surface area contributed by atoms with Gasteiger partial charge in [-0.05, 0) is 11.6 Å². The van der Waals surface area contributed by atoms with E-state index in [9.17, 15) is 0 Å². The molecule has 0 aliphatic heterocycles. The van der Waals surface area contributed by atoms with Gasteiger partial charge in [-0.15, -0.1) is 0 Å². The van der Waals surface area contributed by atoms with E-state index in [2.05, 4.69) is 0 Å². The van der Waals surface area contributed by atoms with E-state index in [1.165, 1.54) is 5.82 Å². The number of allylic oxidation sites excluding steroid dienone is 2. The lowest BCUT2D eigenvalue weighted by Crippen LogP contribution is -1.69. The maximum Gasteiger partial charge on any atom is 0.334 e. The van der Waals surface area contributed by atoms with Crippen LogP contribution in [0.2, 0.25) is 0 Å². The summed E-state index contributed by atoms with van der Waals surface area (Å²) in [6.07, 6.45) is 3.57. The molecule has 80 valence electrons. The molecule has 1 aromatic rings. The lowest BCUT2D eigenvalue weighted by atomic mass is 10.2. The van der Waals surface area contributed by atoms with E-state index in [0.717, 1.165) is 5.56 Å². The molecule has 0 saturated heterocycles. The number of benzene rings is 1. The first-order chi connectivity index (χ1) is 6.97. The molecule has 0 saturated carbocycles. The standard InChI is InChI=1S/C10H8Cl4P/c11-10(8-15(12,13)14)7-6-9-4-2-1-3-5-9/h1-8H/q+1/b7-6+,10-8+. The Morgan fingerprint density at radius 2 is 1.67 bits per heavy atom. The third kappa shape index (κ3) is 6.45. The average Bonchev–Trinajstić information content (AvgIpc) is 2.14. The molecule has 0 bridgehead atoms. The number of halogens is 4. The van der Waals surface area contributed by atoms with Crippen molar-refractivity contribution >= 4 is 56.7 Å². The van der Waals surface area contributed by atoms with Gasteiger partial charge in [0.1, 0.15) is 39.5 Å². The lowest BCUT2D eigenvalue weighted by Gasteiger charge is -1.92. The van der Waals surface area contributed by atoms with Crippen LogP contribution in [0.15, 0.2) is 47.3 Å². The van der Waals surface area contributed by atoms with Crippen molar-refractivity contribution in [2.24, 2.45) is 0 Å². The molecule has 0 fully saturated rings. The molecule has 0 radical (unpaired) electrons. The molecule has 0 aliphatic rings. The van der Waals surface area contributed by atoms with Gasteiger partial charge in [-0.2, -0.15) is 0 Å². The molecule has 1 aromatic carbocycles. The average molecular weight is 301 g/mol. The Labute approximate surface area is 109 Å². The van der Waals surface area contributed by atoms with E-state index in [0.29, 0.717) is 5.03 Å². The predicted molar refractivity (Wildman–Crippen MR) is 73.9 cm³/mol. The van der Waals surface area contributed by atoms with Crippen molar-refractivity contribution < 1.29 is 0 Å². The second-order valence-electron chi connectivity index (χ2n) is 2.74. The van der Waals surface area contributed by atoms with Crippen LogP contribution in [0.3, 0.4) is 0 Å². The molecule has 1 rings (SSSR count). The van der Waals surface area contributed by atoms with Crippen LogP contribution in [0.1, 0.15) is 5.56 Å². The van der Waals surface area contributed by atoms with E-state index in [1.54, 1.807) is 6.08 Å². The molecule has 0 aliphatic carbocycles. The van der Waals surface area contributed by atoms with E-state index in [4.69, 9.17) is 45.3 Å². The molecule has 0 heterocycles. The Kier molecular flexibility index (Phi) is 5.46. The Hall–Kier alpha value is 0.290. The second-order valence-corrected chi connectivity index (χ2v) is 10.8. The van der Waals surface area contributed by atoms with Crippen LogP contribution in [-0.4, -0.2) is 0 Å². The van der Waals surface area contributed by atoms with Gasteiger partial charge in [0.05, 0.1) is 5.03 Å². The molecular formula is C10H8Cl4P+. The molecule has 0 atom stereocenters. The fourth-order valence-electron chi connectivity index (χ4n) is 0.923. The van der Waals surface area contributed by atoms with Crippen molar-refractivity contribution in [3.63, 3.8) is 0 Å². The lowest BCUT2D eigenvalue weighted by molar-refractivity contribution is 1.66. The molecule has 0 amide bonds. The van der Waals surface area contributed by atoms with Crippen LogP contribution < -0.4 is 0 Å². The summed E-state index contributed by atoms with van der Waals surface area (Å²) in [5, 5.41) is -2.08. The first-order valence-corrected chi connectivity index (χ1v) is 9.02. The smallest absolute Gasteiger partial charge is 0.0805 e. The Morgan fingerprint density at radius 3 is 2.20 bits per heavy atom. The first-order valence-electron chi connectivity index (χ1n) is 4.06. The number of hydrogen-bond donors (Lipinski definition) is 0. The number of rotatable bonds is 3. The summed E-state index contributed by atoms with van der Waals surface area (Å²) in [6.45, 7) is 0. The SMILES string of the molecule is ClC(/C=C/c1ccccc1)=C/[P+](Cl)(Cl)Cl. The summed E-state index contributed by atoms with van der Waals surface area (Å²) < 4.78 is 0. The molecule has 0 unspecified atom stereocenters. The summed E-state index contributed by atoms with van der Waals surface area (Å²) in [6, 6.07) is 9.76. The normalized spacial score (nSPS) is 13.5. The molecule has 0 nitrogen and oxygen atoms in total. The highest BCUT2D eigenvalue weighted by Gasteiger charge is 2.29. The predicted octanol–water partition coefficient (Wildman–Crippen LogP) is 6.26. The van der Waals surface area contributed by atoms with Crippen molar-refractivity contribution in [3.05, 3.63) is 52.8 Å². The van der Waals surface area contributed by atoms with E-state index >= 15 is 0 Å². The summed E-state index contributed by atoms with van der Waals surface area (Å²) in [5.74, 6) is 1.46. The second kappa shape index (κ2) is 6.13. The summed E-state index contributed by atoms with van der Waals surface area (Å²) >= 11 is 22.8. The zero-order valence-corrected chi connectivity index (χ0v) is 11.5. The highest BCUT2D eigenvalue weighted by molar-refractivity contribution is 8.34. The van der Waals surface area contributed by atoms with Gasteiger partial charge in [0.25, 0.3) is 0 Å². The molecule has 0 aromatic heterocycles. The molecule has 5 heteroatoms. The van der Waals surface area contributed by atoms with Crippen LogP contribution in [0, 0.1) is 0 Å². The van der Waals surface area contributed by atoms with Gasteiger partial charge in [-0.3, -0.25) is 0 Å². The Bertz CT molecular complexity index is 365. The largest absolute Gasteiger partial charge is 0.334 e. The Morgan fingerprint density at radius 1 is 1.07 bits per heavy atom. The van der Waals surface area contributed by atoms with Crippen LogP contribution in [0.25, 0.3) is 6.08 Å². The zero-order chi connectivity index (χ0) is 11.3. The maximum absolute atomic E-state index is 5.86. The van der Waals surface area contributed by atoms with Crippen molar-refractivity contribution in [2.45, 2.75) is 0 Å². The van der Waals surface area contributed by atoms with Crippen LogP contribution in [0.5, 0.6) is 0 Å². The van der Waals surface area contributed by atoms with Crippen molar-refractivity contribution in [1.29, 1.82) is 0 Å². The third-order valence-electron chi connectivity index (χ3n) is 1.50. The van der Waals surface area contributed by atoms with Crippen molar-refractivity contribution in [2.75, 3.05) is 0 Å². The minimum atomic E-state index is -2.52. The van der Waals surface area contributed by atoms with Gasteiger partial charge in [0.15, 0.2) is 0 Å². The maximum atomic E-state index is 5.86. The topological polar surface area (TPSA) is 0 Å². The van der Waals surface area contributed by atoms with Gasteiger partial charge in [0, 0.05) is 0 Å². The van der Waals surface area contributed by atoms with Crippen LogP contribution in [0.4, 0.5) is 0 Å². The number of hydrogen-bond acceptors (Lipinski definition) is 0. The first kappa shape index (κ1) is 13.4. The van der Waals surface area contributed by atoms with Gasteiger partial charge in [-0.1, -0.05) is 48.0 Å². The quantitative estimate of drug-likeness (QED) is 0.456. The van der Waals surface area contributed by atoms with Crippen LogP contribution in [-0.2, 0) is 0 Å². The molecular weight excluding hydrogens is 293 g/mol. The third-order valence-corrected chi connectivity index (χ3v) is 3.34. The summed E-state index contributed by atoms with van der Waals surface area (Å²) in [5.41, 5.74) is 1.05. The zero-order valence-electron chi connectivity index (χ0n) is 7.58. The summed E-state index contributed by atoms with van der Waals surface area (Å²) in [7, 11) is 0. The van der Waals surface area contributed by atoms with Gasteiger partial charge < -0.3 is 0 Å². The highest BCUT2D eigenvalue weighted by Crippen LogP contribution is 2.75. The molecule has 15 heavy (non-hydrogen) atoms. The molecule has 0 spiro atoms. The van der Waals surface area contributed by atoms with E-state index in [-0.39, 0.29) is 0 Å². The minimum Gasteiger partial charge on any atom is -0.0805 e. The van der Waals surface area contributed by atoms with Gasteiger partial charge >= 0.3 is 5.32 Å². The fraction of sp³-hybridized carbons (Fsp3) is 0. The van der Waals surface area contributed by atoms with Crippen LogP contribution >= 0.6 is 50.6 Å². The molecule has 0 N–H and O–H groups in total. The highest BCUT2D eigenvalue weighted by atomic mass is 36.1. The van der Waals surface area contributed by atoms with Gasteiger partial charge in [0.2, 0.25) is 0 Å². The fourth-order valence-corrected chi connectivity index (χ4v) is 3.19. The Balaban J connectivity index is 2.71.